The van der Waals surface area contributed by atoms with E-state index < -0.39 is 0 Å². The number of carbonyl (C=O) groups is 1. The van der Waals surface area contributed by atoms with Gasteiger partial charge in [-0.2, -0.15) is 0 Å². The van der Waals surface area contributed by atoms with Gasteiger partial charge >= 0.3 is 0 Å². The Balaban J connectivity index is 1.27. The van der Waals surface area contributed by atoms with E-state index in [2.05, 4.69) is 41.1 Å². The average molecular weight is 434 g/mol. The molecular formula is C26H31N3O3. The van der Waals surface area contributed by atoms with Gasteiger partial charge in [0.1, 0.15) is 5.75 Å². The third-order valence-electron chi connectivity index (χ3n) is 6.08. The first-order valence-electron chi connectivity index (χ1n) is 11.3. The lowest BCUT2D eigenvalue weighted by molar-refractivity contribution is -0.131. The van der Waals surface area contributed by atoms with Crippen LogP contribution in [-0.4, -0.2) is 54.0 Å². The summed E-state index contributed by atoms with van der Waals surface area (Å²) >= 11 is 0. The molecule has 1 saturated heterocycles. The van der Waals surface area contributed by atoms with Gasteiger partial charge in [-0.15, -0.1) is 0 Å². The lowest BCUT2D eigenvalue weighted by atomic mass is 10.1. The molecule has 0 spiro atoms. The molecule has 2 heterocycles. The molecule has 0 bridgehead atoms. The molecule has 0 N–H and O–H groups in total. The summed E-state index contributed by atoms with van der Waals surface area (Å²) in [7, 11) is 1.64. The first-order chi connectivity index (χ1) is 15.6. The Morgan fingerprint density at radius 2 is 1.88 bits per heavy atom. The second-order valence-corrected chi connectivity index (χ2v) is 8.28. The molecule has 0 unspecified atom stereocenters. The van der Waals surface area contributed by atoms with E-state index in [1.807, 2.05) is 29.2 Å². The van der Waals surface area contributed by atoms with Gasteiger partial charge in [-0.3, -0.25) is 9.69 Å². The van der Waals surface area contributed by atoms with Crippen LogP contribution in [0.15, 0.2) is 59.1 Å². The van der Waals surface area contributed by atoms with Gasteiger partial charge < -0.3 is 14.1 Å². The summed E-state index contributed by atoms with van der Waals surface area (Å²) in [5.41, 5.74) is 3.63. The predicted molar refractivity (Wildman–Crippen MR) is 124 cm³/mol. The summed E-state index contributed by atoms with van der Waals surface area (Å²) < 4.78 is 11.1. The Morgan fingerprint density at radius 3 is 2.66 bits per heavy atom. The summed E-state index contributed by atoms with van der Waals surface area (Å²) in [6, 6.07) is 16.2. The highest BCUT2D eigenvalue weighted by molar-refractivity contribution is 5.76. The van der Waals surface area contributed by atoms with E-state index in [-0.39, 0.29) is 5.91 Å². The van der Waals surface area contributed by atoms with Gasteiger partial charge in [0.25, 0.3) is 0 Å². The molecule has 0 atom stereocenters. The van der Waals surface area contributed by atoms with Crippen molar-refractivity contribution in [1.82, 2.24) is 14.8 Å². The topological polar surface area (TPSA) is 58.8 Å². The van der Waals surface area contributed by atoms with Crippen LogP contribution in [0, 0.1) is 6.92 Å². The fourth-order valence-electron chi connectivity index (χ4n) is 4.09. The molecule has 3 aromatic rings. The molecule has 1 aliphatic rings. The lowest BCUT2D eigenvalue weighted by Gasteiger charge is -2.22. The van der Waals surface area contributed by atoms with Crippen molar-refractivity contribution in [3.05, 3.63) is 71.7 Å². The van der Waals surface area contributed by atoms with E-state index in [1.54, 1.807) is 13.3 Å². The van der Waals surface area contributed by atoms with Crippen molar-refractivity contribution in [1.29, 1.82) is 0 Å². The van der Waals surface area contributed by atoms with Gasteiger partial charge in [0.05, 0.1) is 13.3 Å². The van der Waals surface area contributed by atoms with Crippen molar-refractivity contribution in [2.75, 3.05) is 33.3 Å². The summed E-state index contributed by atoms with van der Waals surface area (Å²) in [5.74, 6) is 2.28. The largest absolute Gasteiger partial charge is 0.497 e. The van der Waals surface area contributed by atoms with Crippen LogP contribution < -0.4 is 4.74 Å². The van der Waals surface area contributed by atoms with Crippen LogP contribution in [0.3, 0.4) is 0 Å². The van der Waals surface area contributed by atoms with Crippen molar-refractivity contribution >= 4 is 5.91 Å². The molecular weight excluding hydrogens is 402 g/mol. The van der Waals surface area contributed by atoms with Crippen molar-refractivity contribution in [3.63, 3.8) is 0 Å². The molecule has 0 radical (unpaired) electrons. The normalized spacial score (nSPS) is 14.9. The quantitative estimate of drug-likeness (QED) is 0.555. The van der Waals surface area contributed by atoms with Crippen LogP contribution in [0.5, 0.6) is 5.75 Å². The highest BCUT2D eigenvalue weighted by Gasteiger charge is 2.20. The monoisotopic (exact) mass is 433 g/mol. The molecule has 1 amide bonds. The van der Waals surface area contributed by atoms with Crippen LogP contribution >= 0.6 is 0 Å². The molecule has 1 aromatic heterocycles. The van der Waals surface area contributed by atoms with Crippen LogP contribution in [0.1, 0.15) is 29.9 Å². The molecule has 1 fully saturated rings. The highest BCUT2D eigenvalue weighted by Crippen LogP contribution is 2.23. The zero-order valence-corrected chi connectivity index (χ0v) is 18.9. The Morgan fingerprint density at radius 1 is 1.06 bits per heavy atom. The maximum absolute atomic E-state index is 12.8. The number of benzene rings is 2. The van der Waals surface area contributed by atoms with Crippen molar-refractivity contribution in [2.24, 2.45) is 0 Å². The standard InChI is InChI=1S/C26H31N3O3/c1-20-6-3-4-7-22(20)19-28-14-5-15-29(17-16-28)26(30)13-12-25-27-18-24(32-25)21-8-10-23(31-2)11-9-21/h3-4,6-11,18H,5,12-17,19H2,1-2H3. The number of amides is 1. The average Bonchev–Trinajstić information content (AvgIpc) is 3.17. The minimum Gasteiger partial charge on any atom is -0.497 e. The van der Waals surface area contributed by atoms with Crippen molar-refractivity contribution in [2.45, 2.75) is 32.7 Å². The van der Waals surface area contributed by atoms with Crippen LogP contribution in [0.25, 0.3) is 11.3 Å². The SMILES string of the molecule is COc1ccc(-c2cnc(CCC(=O)N3CCCN(Cc4ccccc4C)CC3)o2)cc1. The number of hydrogen-bond donors (Lipinski definition) is 0. The molecule has 1 aliphatic heterocycles. The van der Waals surface area contributed by atoms with Crippen LogP contribution in [-0.2, 0) is 17.8 Å². The van der Waals surface area contributed by atoms with Crippen molar-refractivity contribution in [3.8, 4) is 17.1 Å². The minimum absolute atomic E-state index is 0.173. The third kappa shape index (κ3) is 5.56. The van der Waals surface area contributed by atoms with Crippen molar-refractivity contribution < 1.29 is 13.9 Å². The van der Waals surface area contributed by atoms with Crippen LogP contribution in [0.4, 0.5) is 0 Å². The number of oxazole rings is 1. The van der Waals surface area contributed by atoms with Gasteiger partial charge in [0, 0.05) is 51.1 Å². The number of aryl methyl sites for hydroxylation is 2. The Labute approximate surface area is 189 Å². The van der Waals surface area contributed by atoms with Gasteiger partial charge in [0.2, 0.25) is 5.91 Å². The molecule has 4 rings (SSSR count). The Kier molecular flexibility index (Phi) is 7.22. The van der Waals surface area contributed by atoms with E-state index in [9.17, 15) is 4.79 Å². The third-order valence-corrected chi connectivity index (χ3v) is 6.08. The molecule has 6 nitrogen and oxygen atoms in total. The first-order valence-corrected chi connectivity index (χ1v) is 11.3. The number of nitrogens with zero attached hydrogens (tertiary/aromatic N) is 3. The van der Waals surface area contributed by atoms with Crippen LogP contribution in [0.2, 0.25) is 0 Å². The van der Waals surface area contributed by atoms with E-state index in [0.717, 1.165) is 50.5 Å². The van der Waals surface area contributed by atoms with Gasteiger partial charge in [0.15, 0.2) is 11.7 Å². The number of ether oxygens (including phenoxy) is 1. The smallest absolute Gasteiger partial charge is 0.223 e. The molecule has 32 heavy (non-hydrogen) atoms. The Hall–Kier alpha value is -3.12. The minimum atomic E-state index is 0.173. The molecule has 0 aliphatic carbocycles. The van der Waals surface area contributed by atoms with Gasteiger partial charge in [-0.1, -0.05) is 24.3 Å². The molecule has 168 valence electrons. The fraction of sp³-hybridized carbons (Fsp3) is 0.385. The molecule has 6 heteroatoms. The second-order valence-electron chi connectivity index (χ2n) is 8.28. The van der Waals surface area contributed by atoms with E-state index in [0.29, 0.717) is 24.5 Å². The number of aromatic nitrogens is 1. The second kappa shape index (κ2) is 10.5. The zero-order valence-electron chi connectivity index (χ0n) is 18.9. The maximum atomic E-state index is 12.8. The van der Waals surface area contributed by atoms with E-state index >= 15 is 0 Å². The molecule has 2 aromatic carbocycles. The van der Waals surface area contributed by atoms with Gasteiger partial charge in [-0.25, -0.2) is 4.98 Å². The zero-order chi connectivity index (χ0) is 22.3. The van der Waals surface area contributed by atoms with E-state index in [4.69, 9.17) is 9.15 Å². The predicted octanol–water partition coefficient (Wildman–Crippen LogP) is 4.33. The highest BCUT2D eigenvalue weighted by atomic mass is 16.5. The number of methoxy groups -OCH3 is 1. The fourth-order valence-corrected chi connectivity index (χ4v) is 4.09. The number of hydrogen-bond acceptors (Lipinski definition) is 5. The Bertz CT molecular complexity index is 1030. The summed E-state index contributed by atoms with van der Waals surface area (Å²) in [6.45, 7) is 6.60. The van der Waals surface area contributed by atoms with E-state index in [1.165, 1.54) is 11.1 Å². The number of rotatable bonds is 7. The van der Waals surface area contributed by atoms with Gasteiger partial charge in [-0.05, 0) is 48.7 Å². The summed E-state index contributed by atoms with van der Waals surface area (Å²) in [4.78, 5) is 21.6. The summed E-state index contributed by atoms with van der Waals surface area (Å²) in [6.07, 6.45) is 3.65. The maximum Gasteiger partial charge on any atom is 0.223 e. The summed E-state index contributed by atoms with van der Waals surface area (Å²) in [5, 5.41) is 0. The first kappa shape index (κ1) is 22.1. The number of carbonyl (C=O) groups excluding carboxylic acids is 1. The lowest BCUT2D eigenvalue weighted by Crippen LogP contribution is -2.35. The molecule has 0 saturated carbocycles.